The summed E-state index contributed by atoms with van der Waals surface area (Å²) in [6, 6.07) is 14.6. The van der Waals surface area contributed by atoms with Crippen LogP contribution in [0.2, 0.25) is 10.0 Å². The van der Waals surface area contributed by atoms with Crippen LogP contribution in [0, 0.1) is 0 Å². The molecule has 3 aromatic rings. The van der Waals surface area contributed by atoms with Crippen LogP contribution < -0.4 is 9.64 Å². The molecule has 2 aromatic carbocycles. The van der Waals surface area contributed by atoms with Crippen LogP contribution in [-0.4, -0.2) is 33.0 Å². The van der Waals surface area contributed by atoms with E-state index in [9.17, 15) is 4.79 Å². The second-order valence-corrected chi connectivity index (χ2v) is 7.87. The second kappa shape index (κ2) is 10.0. The highest BCUT2D eigenvalue weighted by molar-refractivity contribution is 7.99. The summed E-state index contributed by atoms with van der Waals surface area (Å²) in [7, 11) is 1.84. The number of carbonyl (C=O) groups is 1. The number of para-hydroxylation sites is 1. The monoisotopic (exact) mass is 450 g/mol. The minimum atomic E-state index is 0.0115. The summed E-state index contributed by atoms with van der Waals surface area (Å²) in [4.78, 5) is 14.4. The molecule has 0 atom stereocenters. The lowest BCUT2D eigenvalue weighted by Gasteiger charge is -2.20. The Balaban J connectivity index is 1.60. The van der Waals surface area contributed by atoms with Crippen molar-refractivity contribution in [3.8, 4) is 5.75 Å². The molecule has 0 bridgehead atoms. The zero-order valence-corrected chi connectivity index (χ0v) is 18.3. The van der Waals surface area contributed by atoms with Gasteiger partial charge in [0.2, 0.25) is 5.91 Å². The Hall–Kier alpha value is -2.22. The van der Waals surface area contributed by atoms with Crippen LogP contribution in [0.4, 0.5) is 5.69 Å². The zero-order chi connectivity index (χ0) is 20.8. The molecule has 0 aliphatic heterocycles. The molecular formula is C20H20Cl2N4O2S. The van der Waals surface area contributed by atoms with Gasteiger partial charge in [-0.25, -0.2) is 0 Å². The maximum absolute atomic E-state index is 12.6. The maximum atomic E-state index is 12.6. The van der Waals surface area contributed by atoms with Crippen LogP contribution in [0.15, 0.2) is 53.7 Å². The Kier molecular flexibility index (Phi) is 7.41. The van der Waals surface area contributed by atoms with Crippen LogP contribution in [0.1, 0.15) is 12.7 Å². The van der Waals surface area contributed by atoms with Crippen molar-refractivity contribution in [2.45, 2.75) is 18.7 Å². The Labute approximate surface area is 183 Å². The van der Waals surface area contributed by atoms with Gasteiger partial charge < -0.3 is 14.2 Å². The largest absolute Gasteiger partial charge is 0.484 e. The lowest BCUT2D eigenvalue weighted by Crippen LogP contribution is -2.32. The molecular weight excluding hydrogens is 431 g/mol. The van der Waals surface area contributed by atoms with Crippen LogP contribution in [0.25, 0.3) is 0 Å². The molecule has 29 heavy (non-hydrogen) atoms. The molecule has 1 heterocycles. The standard InChI is InChI=1S/C20H20Cl2N4O2S/c1-3-26(15-7-5-4-6-8-15)19(27)13-29-20-24-23-18(25(20)2)12-28-17-10-9-14(21)11-16(17)22/h4-11H,3,12-13H2,1-2H3. The normalized spacial score (nSPS) is 10.8. The third-order valence-electron chi connectivity index (χ3n) is 4.19. The molecule has 0 spiro atoms. The number of ether oxygens (including phenoxy) is 1. The first-order chi connectivity index (χ1) is 14.0. The molecule has 0 aliphatic carbocycles. The van der Waals surface area contributed by atoms with Gasteiger partial charge in [-0.05, 0) is 37.3 Å². The van der Waals surface area contributed by atoms with Gasteiger partial charge in [-0.1, -0.05) is 53.2 Å². The van der Waals surface area contributed by atoms with E-state index in [4.69, 9.17) is 27.9 Å². The molecule has 1 amide bonds. The number of aromatic nitrogens is 3. The number of benzene rings is 2. The van der Waals surface area contributed by atoms with E-state index in [1.807, 2.05) is 44.3 Å². The van der Waals surface area contributed by atoms with Gasteiger partial charge in [-0.3, -0.25) is 4.79 Å². The Morgan fingerprint density at radius 2 is 1.93 bits per heavy atom. The summed E-state index contributed by atoms with van der Waals surface area (Å²) < 4.78 is 7.52. The lowest BCUT2D eigenvalue weighted by atomic mass is 10.3. The van der Waals surface area contributed by atoms with Crippen LogP contribution >= 0.6 is 35.0 Å². The van der Waals surface area contributed by atoms with Crippen LogP contribution in [0.3, 0.4) is 0 Å². The van der Waals surface area contributed by atoms with Crippen molar-refractivity contribution in [2.24, 2.45) is 7.05 Å². The van der Waals surface area contributed by atoms with Crippen LogP contribution in [0.5, 0.6) is 5.75 Å². The van der Waals surface area contributed by atoms with Gasteiger partial charge in [-0.2, -0.15) is 0 Å². The fourth-order valence-electron chi connectivity index (χ4n) is 2.65. The zero-order valence-electron chi connectivity index (χ0n) is 16.0. The van der Waals surface area contributed by atoms with Crippen molar-refractivity contribution >= 4 is 46.6 Å². The Morgan fingerprint density at radius 3 is 2.62 bits per heavy atom. The number of amides is 1. The molecule has 6 nitrogen and oxygen atoms in total. The van der Waals surface area contributed by atoms with Crippen molar-refractivity contribution < 1.29 is 9.53 Å². The fraction of sp³-hybridized carbons (Fsp3) is 0.250. The Bertz CT molecular complexity index is 982. The summed E-state index contributed by atoms with van der Waals surface area (Å²) in [6.45, 7) is 2.75. The van der Waals surface area contributed by atoms with Gasteiger partial charge in [-0.15, -0.1) is 10.2 Å². The average Bonchev–Trinajstić information content (AvgIpc) is 3.07. The highest BCUT2D eigenvalue weighted by Gasteiger charge is 2.17. The number of carbonyl (C=O) groups excluding carboxylic acids is 1. The van der Waals surface area contributed by atoms with Gasteiger partial charge in [0.15, 0.2) is 11.0 Å². The fourth-order valence-corrected chi connectivity index (χ4v) is 3.92. The number of anilines is 1. The highest BCUT2D eigenvalue weighted by Crippen LogP contribution is 2.28. The SMILES string of the molecule is CCN(C(=O)CSc1nnc(COc2ccc(Cl)cc2Cl)n1C)c1ccccc1. The van der Waals surface area contributed by atoms with E-state index in [0.717, 1.165) is 5.69 Å². The van der Waals surface area contributed by atoms with Gasteiger partial charge in [0.25, 0.3) is 0 Å². The van der Waals surface area contributed by atoms with E-state index < -0.39 is 0 Å². The Morgan fingerprint density at radius 1 is 1.17 bits per heavy atom. The molecule has 0 saturated carbocycles. The molecule has 3 rings (SSSR count). The highest BCUT2D eigenvalue weighted by atomic mass is 35.5. The second-order valence-electron chi connectivity index (χ2n) is 6.08. The van der Waals surface area contributed by atoms with Crippen molar-refractivity contribution in [3.05, 3.63) is 64.4 Å². The number of thioether (sulfide) groups is 1. The molecule has 0 unspecified atom stereocenters. The summed E-state index contributed by atoms with van der Waals surface area (Å²) in [5, 5.41) is 9.93. The third-order valence-corrected chi connectivity index (χ3v) is 5.72. The molecule has 0 aliphatic rings. The number of nitrogens with zero attached hydrogens (tertiary/aromatic N) is 4. The van der Waals surface area contributed by atoms with Crippen molar-refractivity contribution in [1.29, 1.82) is 0 Å². The van der Waals surface area contributed by atoms with Crippen molar-refractivity contribution in [1.82, 2.24) is 14.8 Å². The summed E-state index contributed by atoms with van der Waals surface area (Å²) >= 11 is 13.4. The van der Waals surface area contributed by atoms with Gasteiger partial charge in [0, 0.05) is 24.3 Å². The van der Waals surface area contributed by atoms with E-state index in [0.29, 0.717) is 33.3 Å². The molecule has 0 saturated heterocycles. The van der Waals surface area contributed by atoms with E-state index in [1.54, 1.807) is 27.7 Å². The topological polar surface area (TPSA) is 60.3 Å². The van der Waals surface area contributed by atoms with Gasteiger partial charge in [0.1, 0.15) is 12.4 Å². The molecule has 0 N–H and O–H groups in total. The maximum Gasteiger partial charge on any atom is 0.237 e. The van der Waals surface area contributed by atoms with Crippen LogP contribution in [-0.2, 0) is 18.4 Å². The average molecular weight is 451 g/mol. The first-order valence-electron chi connectivity index (χ1n) is 8.94. The summed E-state index contributed by atoms with van der Waals surface area (Å²) in [5.41, 5.74) is 0.882. The predicted molar refractivity (Wildman–Crippen MR) is 117 cm³/mol. The third kappa shape index (κ3) is 5.44. The minimum Gasteiger partial charge on any atom is -0.484 e. The molecule has 152 valence electrons. The summed E-state index contributed by atoms with van der Waals surface area (Å²) in [5.74, 6) is 1.42. The van der Waals surface area contributed by atoms with E-state index in [2.05, 4.69) is 10.2 Å². The molecule has 1 aromatic heterocycles. The first kappa shape index (κ1) is 21.5. The van der Waals surface area contributed by atoms with Gasteiger partial charge >= 0.3 is 0 Å². The minimum absolute atomic E-state index is 0.0115. The first-order valence-corrected chi connectivity index (χ1v) is 10.7. The van der Waals surface area contributed by atoms with Crippen molar-refractivity contribution in [2.75, 3.05) is 17.2 Å². The number of halogens is 2. The van der Waals surface area contributed by atoms with Gasteiger partial charge in [0.05, 0.1) is 10.8 Å². The van der Waals surface area contributed by atoms with E-state index in [-0.39, 0.29) is 18.3 Å². The van der Waals surface area contributed by atoms with E-state index in [1.165, 1.54) is 11.8 Å². The lowest BCUT2D eigenvalue weighted by molar-refractivity contribution is -0.116. The smallest absolute Gasteiger partial charge is 0.237 e. The number of hydrogen-bond donors (Lipinski definition) is 0. The number of rotatable bonds is 8. The summed E-state index contributed by atoms with van der Waals surface area (Å²) in [6.07, 6.45) is 0. The predicted octanol–water partition coefficient (Wildman–Crippen LogP) is 4.85. The van der Waals surface area contributed by atoms with E-state index >= 15 is 0 Å². The molecule has 0 fully saturated rings. The number of hydrogen-bond acceptors (Lipinski definition) is 5. The quantitative estimate of drug-likeness (QED) is 0.459. The molecule has 0 radical (unpaired) electrons. The molecule has 9 heteroatoms. The van der Waals surface area contributed by atoms with Crippen molar-refractivity contribution in [3.63, 3.8) is 0 Å².